The van der Waals surface area contributed by atoms with Gasteiger partial charge in [0.15, 0.2) is 17.7 Å². The fourth-order valence-electron chi connectivity index (χ4n) is 3.83. The summed E-state index contributed by atoms with van der Waals surface area (Å²) in [5, 5.41) is 0. The van der Waals surface area contributed by atoms with Crippen molar-refractivity contribution in [3.05, 3.63) is 29.6 Å². The van der Waals surface area contributed by atoms with E-state index in [1.54, 1.807) is 9.80 Å². The van der Waals surface area contributed by atoms with Crippen molar-refractivity contribution < 1.29 is 33.0 Å². The minimum atomic E-state index is -0.776. The highest BCUT2D eigenvalue weighted by atomic mass is 19.1. The molecule has 1 aromatic rings. The Labute approximate surface area is 181 Å². The molecule has 170 valence electrons. The summed E-state index contributed by atoms with van der Waals surface area (Å²) >= 11 is 0. The van der Waals surface area contributed by atoms with Crippen molar-refractivity contribution in [2.24, 2.45) is 0 Å². The van der Waals surface area contributed by atoms with E-state index in [1.165, 1.54) is 19.2 Å². The molecule has 2 fully saturated rings. The van der Waals surface area contributed by atoms with Gasteiger partial charge in [-0.1, -0.05) is 0 Å². The van der Waals surface area contributed by atoms with E-state index in [0.717, 1.165) is 6.07 Å². The number of piperidine rings is 1. The number of halogens is 1. The highest BCUT2D eigenvalue weighted by Gasteiger charge is 2.39. The third-order valence-corrected chi connectivity index (χ3v) is 5.37. The van der Waals surface area contributed by atoms with Crippen LogP contribution in [0, 0.1) is 5.82 Å². The van der Waals surface area contributed by atoms with E-state index < -0.39 is 23.5 Å². The number of benzene rings is 1. The Bertz CT molecular complexity index is 845. The van der Waals surface area contributed by atoms with E-state index in [0.29, 0.717) is 38.9 Å². The van der Waals surface area contributed by atoms with Crippen molar-refractivity contribution >= 4 is 18.0 Å². The number of esters is 1. The summed E-state index contributed by atoms with van der Waals surface area (Å²) in [6.07, 6.45) is 0.636. The molecule has 9 heteroatoms. The monoisotopic (exact) mass is 436 g/mol. The maximum absolute atomic E-state index is 14.3. The summed E-state index contributed by atoms with van der Waals surface area (Å²) in [4.78, 5) is 40.0. The summed E-state index contributed by atoms with van der Waals surface area (Å²) in [6.45, 7) is 7.02. The average Bonchev–Trinajstić information content (AvgIpc) is 3.08. The van der Waals surface area contributed by atoms with Gasteiger partial charge < -0.3 is 24.0 Å². The number of carbonyl (C=O) groups excluding carboxylic acids is 3. The molecule has 0 bridgehead atoms. The quantitative estimate of drug-likeness (QED) is 0.675. The second kappa shape index (κ2) is 9.11. The van der Waals surface area contributed by atoms with Gasteiger partial charge in [0.2, 0.25) is 0 Å². The van der Waals surface area contributed by atoms with Gasteiger partial charge in [0.25, 0.3) is 5.91 Å². The Hall–Kier alpha value is -2.84. The predicted octanol–water partition coefficient (Wildman–Crippen LogP) is 2.99. The zero-order valence-electron chi connectivity index (χ0n) is 18.4. The Morgan fingerprint density at radius 1 is 1.10 bits per heavy atom. The molecule has 2 aliphatic heterocycles. The van der Waals surface area contributed by atoms with Gasteiger partial charge in [-0.3, -0.25) is 4.79 Å². The van der Waals surface area contributed by atoms with Gasteiger partial charge in [0.05, 0.1) is 12.7 Å². The first-order valence-electron chi connectivity index (χ1n) is 10.4. The molecule has 2 saturated heterocycles. The van der Waals surface area contributed by atoms with Crippen molar-refractivity contribution in [3.63, 3.8) is 0 Å². The number of rotatable bonds is 4. The third kappa shape index (κ3) is 5.45. The molecule has 3 rings (SSSR count). The minimum Gasteiger partial charge on any atom is -0.477 e. The zero-order chi connectivity index (χ0) is 22.8. The first-order chi connectivity index (χ1) is 14.6. The molecule has 2 aliphatic rings. The first kappa shape index (κ1) is 22.8. The number of nitrogens with zero attached hydrogens (tertiary/aromatic N) is 2. The predicted molar refractivity (Wildman–Crippen MR) is 109 cm³/mol. The molecule has 0 radical (unpaired) electrons. The van der Waals surface area contributed by atoms with Crippen molar-refractivity contribution in [2.75, 3.05) is 26.7 Å². The Morgan fingerprint density at radius 2 is 1.77 bits per heavy atom. The van der Waals surface area contributed by atoms with Crippen LogP contribution in [0.3, 0.4) is 0 Å². The van der Waals surface area contributed by atoms with Crippen molar-refractivity contribution in [1.29, 1.82) is 0 Å². The van der Waals surface area contributed by atoms with Gasteiger partial charge in [-0.15, -0.1) is 0 Å². The van der Waals surface area contributed by atoms with Crippen molar-refractivity contribution in [2.45, 2.75) is 57.8 Å². The van der Waals surface area contributed by atoms with Crippen molar-refractivity contribution in [1.82, 2.24) is 9.80 Å². The number of hydrogen-bond acceptors (Lipinski definition) is 6. The van der Waals surface area contributed by atoms with Crippen LogP contribution in [0.2, 0.25) is 0 Å². The lowest BCUT2D eigenvalue weighted by Crippen LogP contribution is -2.49. The largest absolute Gasteiger partial charge is 0.477 e. The van der Waals surface area contributed by atoms with E-state index in [1.807, 2.05) is 20.8 Å². The lowest BCUT2D eigenvalue weighted by Gasteiger charge is -2.37. The molecule has 0 aromatic heterocycles. The number of ether oxygens (including phenoxy) is 3. The topological polar surface area (TPSA) is 85.4 Å². The third-order valence-electron chi connectivity index (χ3n) is 5.37. The Kier molecular flexibility index (Phi) is 6.71. The summed E-state index contributed by atoms with van der Waals surface area (Å²) < 4.78 is 29.9. The fourth-order valence-corrected chi connectivity index (χ4v) is 3.83. The average molecular weight is 436 g/mol. The minimum absolute atomic E-state index is 0.00586. The standard InChI is InChI=1S/C22H29FN2O6/c1-22(2,3)31-21(28)24-10-7-15(8-11-24)25-12-9-18(19(25)26)30-17-6-5-14(13-16(17)23)20(27)29-4/h5-6,13,15,18H,7-12H2,1-4H3. The number of carbonyl (C=O) groups is 3. The molecule has 2 amide bonds. The molecule has 1 aromatic carbocycles. The molecule has 0 saturated carbocycles. The van der Waals surface area contributed by atoms with Crippen LogP contribution in [0.15, 0.2) is 18.2 Å². The van der Waals surface area contributed by atoms with E-state index in [9.17, 15) is 18.8 Å². The molecule has 1 unspecified atom stereocenters. The first-order valence-corrected chi connectivity index (χ1v) is 10.4. The molecular formula is C22H29FN2O6. The highest BCUT2D eigenvalue weighted by molar-refractivity contribution is 5.89. The van der Waals surface area contributed by atoms with Crippen LogP contribution >= 0.6 is 0 Å². The summed E-state index contributed by atoms with van der Waals surface area (Å²) in [5.74, 6) is -1.63. The van der Waals surface area contributed by atoms with Crippen LogP contribution in [0.1, 0.15) is 50.4 Å². The second-order valence-electron chi connectivity index (χ2n) is 8.76. The van der Waals surface area contributed by atoms with E-state index in [-0.39, 0.29) is 29.4 Å². The lowest BCUT2D eigenvalue weighted by molar-refractivity contribution is -0.136. The smallest absolute Gasteiger partial charge is 0.410 e. The summed E-state index contributed by atoms with van der Waals surface area (Å²) in [7, 11) is 1.22. The molecule has 8 nitrogen and oxygen atoms in total. The van der Waals surface area contributed by atoms with Gasteiger partial charge in [0.1, 0.15) is 5.60 Å². The molecular weight excluding hydrogens is 407 g/mol. The summed E-state index contributed by atoms with van der Waals surface area (Å²) in [6, 6.07) is 3.77. The molecule has 2 heterocycles. The summed E-state index contributed by atoms with van der Waals surface area (Å²) in [5.41, 5.74) is -0.475. The van der Waals surface area contributed by atoms with E-state index >= 15 is 0 Å². The van der Waals surface area contributed by atoms with E-state index in [2.05, 4.69) is 4.74 Å². The van der Waals surface area contributed by atoms with Gasteiger partial charge in [-0.05, 0) is 51.8 Å². The fraction of sp³-hybridized carbons (Fsp3) is 0.591. The van der Waals surface area contributed by atoms with Crippen LogP contribution in [0.4, 0.5) is 9.18 Å². The number of likely N-dealkylation sites (tertiary alicyclic amines) is 2. The van der Waals surface area contributed by atoms with Gasteiger partial charge in [-0.25, -0.2) is 14.0 Å². The molecule has 1 atom stereocenters. The van der Waals surface area contributed by atoms with E-state index in [4.69, 9.17) is 9.47 Å². The van der Waals surface area contributed by atoms with Crippen molar-refractivity contribution in [3.8, 4) is 5.75 Å². The number of methoxy groups -OCH3 is 1. The van der Waals surface area contributed by atoms with Crippen LogP contribution in [-0.2, 0) is 14.3 Å². The molecule has 0 N–H and O–H groups in total. The van der Waals surface area contributed by atoms with Gasteiger partial charge >= 0.3 is 12.1 Å². The molecule has 0 spiro atoms. The Morgan fingerprint density at radius 3 is 2.35 bits per heavy atom. The number of hydrogen-bond donors (Lipinski definition) is 0. The molecule has 0 aliphatic carbocycles. The van der Waals surface area contributed by atoms with Crippen LogP contribution < -0.4 is 4.74 Å². The zero-order valence-corrected chi connectivity index (χ0v) is 18.4. The molecule has 31 heavy (non-hydrogen) atoms. The normalized spacial score (nSPS) is 20.0. The second-order valence-corrected chi connectivity index (χ2v) is 8.76. The SMILES string of the molecule is COC(=O)c1ccc(OC2CCN(C3CCN(C(=O)OC(C)(C)C)CC3)C2=O)c(F)c1. The van der Waals surface area contributed by atoms with Gasteiger partial charge in [-0.2, -0.15) is 0 Å². The maximum Gasteiger partial charge on any atom is 0.410 e. The Balaban J connectivity index is 1.55. The number of amides is 2. The van der Waals surface area contributed by atoms with Crippen LogP contribution in [-0.4, -0.2) is 72.3 Å². The van der Waals surface area contributed by atoms with Gasteiger partial charge in [0, 0.05) is 32.1 Å². The highest BCUT2D eigenvalue weighted by Crippen LogP contribution is 2.27. The maximum atomic E-state index is 14.3. The van der Waals surface area contributed by atoms with Crippen LogP contribution in [0.25, 0.3) is 0 Å². The lowest BCUT2D eigenvalue weighted by atomic mass is 10.0. The van der Waals surface area contributed by atoms with Crippen LogP contribution in [0.5, 0.6) is 5.75 Å².